The zero-order valence-corrected chi connectivity index (χ0v) is 18.8. The first kappa shape index (κ1) is 23.2. The number of aromatic nitrogens is 1. The van der Waals surface area contributed by atoms with Gasteiger partial charge in [-0.2, -0.15) is 0 Å². The molecule has 10 heteroatoms. The van der Waals surface area contributed by atoms with Crippen LogP contribution in [-0.2, 0) is 4.79 Å². The zero-order chi connectivity index (χ0) is 23.3. The van der Waals surface area contributed by atoms with Gasteiger partial charge >= 0.3 is 12.0 Å². The SMILES string of the molecule is CC(C)C(NC(=O)c1ncc(-c2ccc(NC(=O)Nc3ccc(Cl)cc3)cc2)s1)C(=O)O. The zero-order valence-electron chi connectivity index (χ0n) is 17.3. The number of benzene rings is 2. The average Bonchev–Trinajstić information content (AvgIpc) is 3.24. The van der Waals surface area contributed by atoms with Gasteiger partial charge in [-0.05, 0) is 47.9 Å². The van der Waals surface area contributed by atoms with Gasteiger partial charge in [-0.3, -0.25) is 4.79 Å². The standard InChI is InChI=1S/C22H21ClN4O4S/c1-12(2)18(21(29)30)27-19(28)20-24-11-17(32-20)13-3-7-15(8-4-13)25-22(31)26-16-9-5-14(23)6-10-16/h3-12,18H,1-2H3,(H,27,28)(H,29,30)(H2,25,26,31). The number of carbonyl (C=O) groups is 3. The average molecular weight is 473 g/mol. The second-order valence-electron chi connectivity index (χ2n) is 7.23. The molecule has 3 aromatic rings. The Morgan fingerprint density at radius 2 is 1.53 bits per heavy atom. The summed E-state index contributed by atoms with van der Waals surface area (Å²) in [6, 6.07) is 12.4. The molecule has 0 aliphatic heterocycles. The van der Waals surface area contributed by atoms with Gasteiger partial charge in [-0.25, -0.2) is 14.6 Å². The topological polar surface area (TPSA) is 120 Å². The number of nitrogens with zero attached hydrogens (tertiary/aromatic N) is 1. The van der Waals surface area contributed by atoms with Crippen LogP contribution in [0.5, 0.6) is 0 Å². The minimum Gasteiger partial charge on any atom is -0.480 e. The molecule has 0 saturated heterocycles. The number of carboxylic acid groups (broad SMARTS) is 1. The minimum atomic E-state index is -1.09. The van der Waals surface area contributed by atoms with E-state index in [1.165, 1.54) is 0 Å². The summed E-state index contributed by atoms with van der Waals surface area (Å²) in [4.78, 5) is 40.6. The molecule has 0 aliphatic carbocycles. The quantitative estimate of drug-likeness (QED) is 0.388. The molecular formula is C22H21ClN4O4S. The molecule has 3 amide bonds. The molecule has 0 saturated carbocycles. The van der Waals surface area contributed by atoms with Crippen molar-refractivity contribution in [1.82, 2.24) is 10.3 Å². The highest BCUT2D eigenvalue weighted by Gasteiger charge is 2.25. The second-order valence-corrected chi connectivity index (χ2v) is 8.69. The number of carbonyl (C=O) groups excluding carboxylic acids is 2. The van der Waals surface area contributed by atoms with Gasteiger partial charge in [0.1, 0.15) is 6.04 Å². The van der Waals surface area contributed by atoms with Crippen LogP contribution in [0.2, 0.25) is 5.02 Å². The first-order chi connectivity index (χ1) is 15.2. The summed E-state index contributed by atoms with van der Waals surface area (Å²) in [5, 5.41) is 17.9. The van der Waals surface area contributed by atoms with Gasteiger partial charge in [0, 0.05) is 22.6 Å². The van der Waals surface area contributed by atoms with Crippen molar-refractivity contribution in [2.75, 3.05) is 10.6 Å². The fourth-order valence-corrected chi connectivity index (χ4v) is 3.72. The van der Waals surface area contributed by atoms with Crippen molar-refractivity contribution >= 4 is 52.2 Å². The summed E-state index contributed by atoms with van der Waals surface area (Å²) in [7, 11) is 0. The van der Waals surface area contributed by atoms with Crippen LogP contribution < -0.4 is 16.0 Å². The predicted octanol–water partition coefficient (Wildman–Crippen LogP) is 4.95. The van der Waals surface area contributed by atoms with Crippen LogP contribution in [0.25, 0.3) is 10.4 Å². The molecule has 1 aromatic heterocycles. The number of rotatable bonds is 7. The first-order valence-electron chi connectivity index (χ1n) is 9.66. The lowest BCUT2D eigenvalue weighted by molar-refractivity contribution is -0.140. The predicted molar refractivity (Wildman–Crippen MR) is 125 cm³/mol. The van der Waals surface area contributed by atoms with Crippen molar-refractivity contribution in [3.05, 3.63) is 64.8 Å². The largest absolute Gasteiger partial charge is 0.480 e. The van der Waals surface area contributed by atoms with E-state index < -0.39 is 23.9 Å². The van der Waals surface area contributed by atoms with Crippen LogP contribution in [0.4, 0.5) is 16.2 Å². The lowest BCUT2D eigenvalue weighted by atomic mass is 10.1. The highest BCUT2D eigenvalue weighted by atomic mass is 35.5. The van der Waals surface area contributed by atoms with E-state index in [1.54, 1.807) is 68.6 Å². The Labute approximate surface area is 193 Å². The number of aliphatic carboxylic acids is 1. The van der Waals surface area contributed by atoms with Crippen LogP contribution in [0.1, 0.15) is 23.6 Å². The van der Waals surface area contributed by atoms with Crippen molar-refractivity contribution in [2.45, 2.75) is 19.9 Å². The molecule has 2 aromatic carbocycles. The van der Waals surface area contributed by atoms with Gasteiger partial charge in [-0.1, -0.05) is 37.6 Å². The number of anilines is 2. The number of amides is 3. The van der Waals surface area contributed by atoms with Crippen LogP contribution in [0.15, 0.2) is 54.7 Å². The summed E-state index contributed by atoms with van der Waals surface area (Å²) in [5.41, 5.74) is 2.01. The third kappa shape index (κ3) is 6.05. The van der Waals surface area contributed by atoms with Crippen molar-refractivity contribution in [3.63, 3.8) is 0 Å². The number of hydrogen-bond acceptors (Lipinski definition) is 5. The summed E-state index contributed by atoms with van der Waals surface area (Å²) < 4.78 is 0. The molecule has 1 heterocycles. The van der Waals surface area contributed by atoms with Gasteiger partial charge in [0.05, 0.1) is 4.88 Å². The number of urea groups is 1. The molecule has 3 rings (SSSR count). The maximum Gasteiger partial charge on any atom is 0.326 e. The van der Waals surface area contributed by atoms with E-state index in [9.17, 15) is 19.5 Å². The van der Waals surface area contributed by atoms with Crippen molar-refractivity contribution in [3.8, 4) is 10.4 Å². The maximum atomic E-state index is 12.4. The summed E-state index contributed by atoms with van der Waals surface area (Å²) in [5.74, 6) is -1.87. The number of carboxylic acids is 1. The van der Waals surface area contributed by atoms with Gasteiger partial charge in [-0.15, -0.1) is 11.3 Å². The highest BCUT2D eigenvalue weighted by Crippen LogP contribution is 2.27. The molecule has 0 fully saturated rings. The number of halogens is 1. The van der Waals surface area contributed by atoms with E-state index in [4.69, 9.17) is 11.6 Å². The van der Waals surface area contributed by atoms with Crippen LogP contribution in [0.3, 0.4) is 0 Å². The van der Waals surface area contributed by atoms with E-state index >= 15 is 0 Å². The van der Waals surface area contributed by atoms with Gasteiger partial charge < -0.3 is 21.1 Å². The Morgan fingerprint density at radius 3 is 2.06 bits per heavy atom. The smallest absolute Gasteiger partial charge is 0.326 e. The number of hydrogen-bond donors (Lipinski definition) is 4. The lowest BCUT2D eigenvalue weighted by Gasteiger charge is -2.16. The molecule has 8 nitrogen and oxygen atoms in total. The lowest BCUT2D eigenvalue weighted by Crippen LogP contribution is -2.44. The van der Waals surface area contributed by atoms with Crippen LogP contribution in [0, 0.1) is 5.92 Å². The fraction of sp³-hybridized carbons (Fsp3) is 0.182. The van der Waals surface area contributed by atoms with E-state index in [-0.39, 0.29) is 10.9 Å². The Balaban J connectivity index is 1.62. The summed E-state index contributed by atoms with van der Waals surface area (Å²) in [6.07, 6.45) is 1.56. The molecule has 1 unspecified atom stereocenters. The van der Waals surface area contributed by atoms with E-state index in [0.717, 1.165) is 21.8 Å². The van der Waals surface area contributed by atoms with Crippen molar-refractivity contribution in [1.29, 1.82) is 0 Å². The molecule has 0 radical (unpaired) electrons. The molecule has 0 spiro atoms. The molecule has 0 aliphatic rings. The Bertz CT molecular complexity index is 1110. The number of nitrogens with one attached hydrogen (secondary N) is 3. The summed E-state index contributed by atoms with van der Waals surface area (Å²) in [6.45, 7) is 3.44. The van der Waals surface area contributed by atoms with Crippen molar-refractivity contribution in [2.24, 2.45) is 5.92 Å². The fourth-order valence-electron chi connectivity index (χ4n) is 2.77. The third-order valence-corrected chi connectivity index (χ3v) is 5.75. The highest BCUT2D eigenvalue weighted by molar-refractivity contribution is 7.17. The van der Waals surface area contributed by atoms with Gasteiger partial charge in [0.25, 0.3) is 5.91 Å². The van der Waals surface area contributed by atoms with E-state index in [1.807, 2.05) is 0 Å². The second kappa shape index (κ2) is 10.3. The van der Waals surface area contributed by atoms with Crippen molar-refractivity contribution < 1.29 is 19.5 Å². The molecule has 1 atom stereocenters. The van der Waals surface area contributed by atoms with E-state index in [2.05, 4.69) is 20.9 Å². The minimum absolute atomic E-state index is 0.177. The molecule has 0 bridgehead atoms. The monoisotopic (exact) mass is 472 g/mol. The molecule has 166 valence electrons. The Hall–Kier alpha value is -3.43. The van der Waals surface area contributed by atoms with Gasteiger partial charge in [0.15, 0.2) is 5.01 Å². The van der Waals surface area contributed by atoms with Gasteiger partial charge in [0.2, 0.25) is 0 Å². The first-order valence-corrected chi connectivity index (χ1v) is 10.9. The maximum absolute atomic E-state index is 12.4. The normalized spacial score (nSPS) is 11.6. The Kier molecular flexibility index (Phi) is 7.45. The van der Waals surface area contributed by atoms with Crippen LogP contribution >= 0.6 is 22.9 Å². The number of thiazole rings is 1. The summed E-state index contributed by atoms with van der Waals surface area (Å²) >= 11 is 6.99. The van der Waals surface area contributed by atoms with Crippen LogP contribution in [-0.4, -0.2) is 34.0 Å². The third-order valence-electron chi connectivity index (χ3n) is 4.45. The Morgan fingerprint density at radius 1 is 0.969 bits per heavy atom. The molecule has 4 N–H and O–H groups in total. The molecular weight excluding hydrogens is 452 g/mol. The molecule has 32 heavy (non-hydrogen) atoms. The van der Waals surface area contributed by atoms with E-state index in [0.29, 0.717) is 16.4 Å².